The minimum absolute atomic E-state index is 0.0284. The van der Waals surface area contributed by atoms with E-state index in [-0.39, 0.29) is 5.41 Å². The third kappa shape index (κ3) is 2.76. The number of aliphatic carboxylic acids is 1. The zero-order valence-electron chi connectivity index (χ0n) is 13.1. The van der Waals surface area contributed by atoms with Crippen LogP contribution in [0, 0.1) is 0 Å². The molecular formula is C15H21N5O2. The van der Waals surface area contributed by atoms with Gasteiger partial charge in [-0.3, -0.25) is 14.8 Å². The predicted molar refractivity (Wildman–Crippen MR) is 80.3 cm³/mol. The van der Waals surface area contributed by atoms with Gasteiger partial charge in [0.25, 0.3) is 0 Å². The summed E-state index contributed by atoms with van der Waals surface area (Å²) in [5.74, 6) is -0.816. The van der Waals surface area contributed by atoms with Crippen LogP contribution in [-0.2, 0) is 29.7 Å². The number of nitrogens with zero attached hydrogens (tertiary/aromatic N) is 3. The second kappa shape index (κ2) is 5.24. The third-order valence-corrected chi connectivity index (χ3v) is 4.05. The zero-order chi connectivity index (χ0) is 15.9. The number of aromatic amines is 2. The lowest BCUT2D eigenvalue weighted by molar-refractivity contribution is -0.144. The lowest BCUT2D eigenvalue weighted by atomic mass is 9.92. The first-order chi connectivity index (χ1) is 10.3. The van der Waals surface area contributed by atoms with Crippen LogP contribution >= 0.6 is 0 Å². The Balaban J connectivity index is 1.81. The van der Waals surface area contributed by atoms with Crippen LogP contribution in [0.25, 0.3) is 0 Å². The molecule has 0 aliphatic carbocycles. The number of carbonyl (C=O) groups is 1. The lowest BCUT2D eigenvalue weighted by Crippen LogP contribution is -2.45. The Morgan fingerprint density at radius 2 is 2.27 bits per heavy atom. The molecule has 2 aromatic rings. The molecule has 22 heavy (non-hydrogen) atoms. The van der Waals surface area contributed by atoms with Gasteiger partial charge in [0.05, 0.1) is 23.4 Å². The van der Waals surface area contributed by atoms with Gasteiger partial charge in [0.15, 0.2) is 0 Å². The molecule has 0 saturated carbocycles. The average molecular weight is 303 g/mol. The van der Waals surface area contributed by atoms with E-state index in [2.05, 4.69) is 40.9 Å². The quantitative estimate of drug-likeness (QED) is 0.797. The minimum Gasteiger partial charge on any atom is -0.480 e. The molecule has 7 heteroatoms. The average Bonchev–Trinajstić information content (AvgIpc) is 3.05. The van der Waals surface area contributed by atoms with Crippen molar-refractivity contribution in [3.63, 3.8) is 0 Å². The Bertz CT molecular complexity index is 682. The van der Waals surface area contributed by atoms with Gasteiger partial charge < -0.3 is 10.1 Å². The van der Waals surface area contributed by atoms with E-state index in [1.807, 2.05) is 11.0 Å². The van der Waals surface area contributed by atoms with E-state index >= 15 is 0 Å². The molecule has 3 heterocycles. The molecule has 1 atom stereocenters. The molecule has 3 rings (SSSR count). The minimum atomic E-state index is -0.816. The van der Waals surface area contributed by atoms with Crippen LogP contribution in [0.15, 0.2) is 12.4 Å². The summed E-state index contributed by atoms with van der Waals surface area (Å²) >= 11 is 0. The van der Waals surface area contributed by atoms with Crippen molar-refractivity contribution in [3.05, 3.63) is 35.2 Å². The van der Waals surface area contributed by atoms with Gasteiger partial charge in [0.2, 0.25) is 0 Å². The van der Waals surface area contributed by atoms with Crippen molar-refractivity contribution in [1.82, 2.24) is 25.1 Å². The molecule has 0 radical (unpaired) electrons. The van der Waals surface area contributed by atoms with E-state index in [1.165, 1.54) is 0 Å². The van der Waals surface area contributed by atoms with E-state index < -0.39 is 12.0 Å². The normalized spacial score (nSPS) is 19.1. The summed E-state index contributed by atoms with van der Waals surface area (Å²) in [4.78, 5) is 20.8. The van der Waals surface area contributed by atoms with Gasteiger partial charge in [-0.1, -0.05) is 20.8 Å². The highest BCUT2D eigenvalue weighted by atomic mass is 16.4. The molecule has 0 aromatic carbocycles. The predicted octanol–water partition coefficient (Wildman–Crippen LogP) is 1.44. The molecule has 3 N–H and O–H groups in total. The second-order valence-corrected chi connectivity index (χ2v) is 6.82. The maximum atomic E-state index is 11.5. The Kier molecular flexibility index (Phi) is 3.52. The standard InChI is InChI=1S/C15H21N5O2/c1-15(2,3)13-4-9(18-19-13)6-20-7-11-10(16-8-17-11)5-12(20)14(21)22/h4,8,12H,5-7H2,1-3H3,(H,16,17)(H,18,19)(H,21,22). The summed E-state index contributed by atoms with van der Waals surface area (Å²) in [6.07, 6.45) is 2.05. The fourth-order valence-corrected chi connectivity index (χ4v) is 2.74. The summed E-state index contributed by atoms with van der Waals surface area (Å²) in [5.41, 5.74) is 3.73. The number of hydrogen-bond acceptors (Lipinski definition) is 4. The molecule has 118 valence electrons. The van der Waals surface area contributed by atoms with E-state index in [0.29, 0.717) is 19.5 Å². The lowest BCUT2D eigenvalue weighted by Gasteiger charge is -2.31. The zero-order valence-corrected chi connectivity index (χ0v) is 13.1. The maximum absolute atomic E-state index is 11.5. The molecule has 0 spiro atoms. The molecule has 0 amide bonds. The number of imidazole rings is 1. The summed E-state index contributed by atoms with van der Waals surface area (Å²) in [6, 6.07) is 1.46. The van der Waals surface area contributed by atoms with Crippen molar-refractivity contribution < 1.29 is 9.90 Å². The van der Waals surface area contributed by atoms with E-state index in [1.54, 1.807) is 6.33 Å². The molecule has 1 aliphatic heterocycles. The van der Waals surface area contributed by atoms with E-state index in [9.17, 15) is 9.90 Å². The Hall–Kier alpha value is -2.15. The molecule has 1 unspecified atom stereocenters. The number of nitrogens with one attached hydrogen (secondary N) is 2. The van der Waals surface area contributed by atoms with Crippen LogP contribution in [0.1, 0.15) is 43.5 Å². The van der Waals surface area contributed by atoms with Crippen LogP contribution in [0.5, 0.6) is 0 Å². The maximum Gasteiger partial charge on any atom is 0.321 e. The van der Waals surface area contributed by atoms with Crippen LogP contribution < -0.4 is 0 Å². The van der Waals surface area contributed by atoms with Gasteiger partial charge in [0, 0.05) is 30.6 Å². The molecule has 0 bridgehead atoms. The van der Waals surface area contributed by atoms with Gasteiger partial charge in [0.1, 0.15) is 6.04 Å². The topological polar surface area (TPSA) is 97.9 Å². The Labute approximate surface area is 128 Å². The highest BCUT2D eigenvalue weighted by molar-refractivity contribution is 5.74. The SMILES string of the molecule is CC(C)(C)c1cc(CN2Cc3[nH]cnc3CC2C(=O)O)[nH]n1. The smallest absolute Gasteiger partial charge is 0.321 e. The first-order valence-corrected chi connectivity index (χ1v) is 7.37. The first kappa shape index (κ1) is 14.8. The van der Waals surface area contributed by atoms with Gasteiger partial charge in [-0.2, -0.15) is 5.10 Å². The van der Waals surface area contributed by atoms with Crippen molar-refractivity contribution in [2.45, 2.75) is 51.7 Å². The number of aromatic nitrogens is 4. The van der Waals surface area contributed by atoms with Crippen molar-refractivity contribution in [2.75, 3.05) is 0 Å². The van der Waals surface area contributed by atoms with E-state index in [0.717, 1.165) is 22.8 Å². The molecule has 1 aliphatic rings. The summed E-state index contributed by atoms with van der Waals surface area (Å²) in [7, 11) is 0. The summed E-state index contributed by atoms with van der Waals surface area (Å²) < 4.78 is 0. The van der Waals surface area contributed by atoms with Crippen molar-refractivity contribution in [1.29, 1.82) is 0 Å². The van der Waals surface area contributed by atoms with Gasteiger partial charge >= 0.3 is 5.97 Å². The number of carboxylic acids is 1. The van der Waals surface area contributed by atoms with Gasteiger partial charge in [-0.25, -0.2) is 4.98 Å². The first-order valence-electron chi connectivity index (χ1n) is 7.37. The highest BCUT2D eigenvalue weighted by Crippen LogP contribution is 2.24. The molecule has 0 saturated heterocycles. The second-order valence-electron chi connectivity index (χ2n) is 6.82. The van der Waals surface area contributed by atoms with E-state index in [4.69, 9.17) is 0 Å². The molecule has 0 fully saturated rings. The van der Waals surface area contributed by atoms with Crippen molar-refractivity contribution in [2.24, 2.45) is 0 Å². The third-order valence-electron chi connectivity index (χ3n) is 4.05. The molecule has 2 aromatic heterocycles. The molecule has 7 nitrogen and oxygen atoms in total. The number of carboxylic acid groups (broad SMARTS) is 1. The fourth-order valence-electron chi connectivity index (χ4n) is 2.74. The monoisotopic (exact) mass is 303 g/mol. The molecular weight excluding hydrogens is 282 g/mol. The van der Waals surface area contributed by atoms with Gasteiger partial charge in [-0.05, 0) is 6.07 Å². The number of hydrogen-bond donors (Lipinski definition) is 3. The van der Waals surface area contributed by atoms with Crippen LogP contribution in [0.2, 0.25) is 0 Å². The number of rotatable bonds is 3. The van der Waals surface area contributed by atoms with Crippen molar-refractivity contribution in [3.8, 4) is 0 Å². The summed E-state index contributed by atoms with van der Waals surface area (Å²) in [5, 5.41) is 16.8. The Morgan fingerprint density at radius 3 is 2.91 bits per heavy atom. The largest absolute Gasteiger partial charge is 0.480 e. The van der Waals surface area contributed by atoms with Crippen LogP contribution in [-0.4, -0.2) is 42.2 Å². The highest BCUT2D eigenvalue weighted by Gasteiger charge is 2.33. The summed E-state index contributed by atoms with van der Waals surface area (Å²) in [6.45, 7) is 7.38. The van der Waals surface area contributed by atoms with Crippen LogP contribution in [0.4, 0.5) is 0 Å². The number of H-pyrrole nitrogens is 2. The Morgan fingerprint density at radius 1 is 1.50 bits per heavy atom. The van der Waals surface area contributed by atoms with Crippen LogP contribution in [0.3, 0.4) is 0 Å². The van der Waals surface area contributed by atoms with Gasteiger partial charge in [-0.15, -0.1) is 0 Å². The number of fused-ring (bicyclic) bond motifs is 1. The fraction of sp³-hybridized carbons (Fsp3) is 0.533. The van der Waals surface area contributed by atoms with Crippen molar-refractivity contribution >= 4 is 5.97 Å².